The lowest BCUT2D eigenvalue weighted by Gasteiger charge is -2.33. The number of amides is 10. The molecule has 508 valence electrons. The van der Waals surface area contributed by atoms with Gasteiger partial charge >= 0.3 is 18.2 Å². The van der Waals surface area contributed by atoms with E-state index in [9.17, 15) is 78.3 Å². The Hall–Kier alpha value is -8.72. The molecule has 1 unspecified atom stereocenters. The van der Waals surface area contributed by atoms with Gasteiger partial charge in [-0.2, -0.15) is 0 Å². The molecule has 91 heavy (non-hydrogen) atoms. The minimum atomic E-state index is -1.91. The molecular formula is C59H93N13O19. The number of nitrogens with two attached hydrogens (primary N) is 2. The van der Waals surface area contributed by atoms with Gasteiger partial charge < -0.3 is 105 Å². The van der Waals surface area contributed by atoms with E-state index in [1.807, 2.05) is 10.6 Å². The largest absolute Gasteiger partial charge is 0.480 e. The van der Waals surface area contributed by atoms with Gasteiger partial charge in [-0.1, -0.05) is 109 Å². The molecule has 0 heterocycles. The molecular weight excluding hydrogens is 1190 g/mol. The third-order valence-electron chi connectivity index (χ3n) is 13.7. The zero-order chi connectivity index (χ0) is 68.9. The van der Waals surface area contributed by atoms with E-state index < -0.39 is 175 Å². The summed E-state index contributed by atoms with van der Waals surface area (Å²) >= 11 is 0. The Balaban J connectivity index is 2.58. The number of ether oxygens (including phenoxy) is 2. The lowest BCUT2D eigenvalue weighted by molar-refractivity contribution is -0.143. The number of aliphatic hydroxyl groups is 5. The summed E-state index contributed by atoms with van der Waals surface area (Å²) in [6, 6.07) is -0.582. The molecule has 2 rings (SSSR count). The second kappa shape index (κ2) is 38.7. The van der Waals surface area contributed by atoms with Crippen LogP contribution in [0.15, 0.2) is 65.7 Å². The van der Waals surface area contributed by atoms with Crippen LogP contribution in [0.3, 0.4) is 0 Å². The van der Waals surface area contributed by atoms with Gasteiger partial charge in [0.2, 0.25) is 47.3 Å². The van der Waals surface area contributed by atoms with Crippen LogP contribution >= 0.6 is 0 Å². The highest BCUT2D eigenvalue weighted by Crippen LogP contribution is 2.21. The molecule has 0 aromatic heterocycles. The molecule has 0 aliphatic rings. The molecule has 0 saturated carbocycles. The average molecular weight is 1290 g/mol. The summed E-state index contributed by atoms with van der Waals surface area (Å²) in [5.41, 5.74) is 11.0. The van der Waals surface area contributed by atoms with E-state index in [1.165, 1.54) is 0 Å². The molecule has 0 aliphatic heterocycles. The van der Waals surface area contributed by atoms with Gasteiger partial charge in [-0.15, -0.1) is 0 Å². The van der Waals surface area contributed by atoms with Crippen LogP contribution in [0.1, 0.15) is 112 Å². The van der Waals surface area contributed by atoms with Crippen LogP contribution in [-0.4, -0.2) is 201 Å². The summed E-state index contributed by atoms with van der Waals surface area (Å²) in [6.07, 6.45) is -5.60. The second-order valence-electron chi connectivity index (χ2n) is 23.3. The maximum absolute atomic E-state index is 14.8. The summed E-state index contributed by atoms with van der Waals surface area (Å²) in [4.78, 5) is 155. The summed E-state index contributed by atoms with van der Waals surface area (Å²) in [7, 11) is 0. The average Bonchev–Trinajstić information content (AvgIpc) is 0.984. The normalized spacial score (nSPS) is 15.6. The predicted octanol–water partition coefficient (Wildman–Crippen LogP) is -2.97. The number of guanidine groups is 1. The smallest absolute Gasteiger partial charge is 0.408 e. The molecule has 0 fully saturated rings. The van der Waals surface area contributed by atoms with Gasteiger partial charge in [0.1, 0.15) is 66.6 Å². The fraction of sp³-hybridized carbons (Fsp3) is 0.593. The zero-order valence-electron chi connectivity index (χ0n) is 52.9. The number of alkyl carbamates (subject to hydrolysis) is 2. The van der Waals surface area contributed by atoms with Crippen molar-refractivity contribution in [3.05, 3.63) is 71.8 Å². The number of aliphatic carboxylic acids is 1. The fourth-order valence-electron chi connectivity index (χ4n) is 8.57. The van der Waals surface area contributed by atoms with Crippen molar-refractivity contribution in [3.8, 4) is 0 Å². The predicted molar refractivity (Wildman–Crippen MR) is 328 cm³/mol. The van der Waals surface area contributed by atoms with Gasteiger partial charge in [-0.25, -0.2) is 14.4 Å². The monoisotopic (exact) mass is 1290 g/mol. The highest BCUT2D eigenvalue weighted by atomic mass is 16.6. The van der Waals surface area contributed by atoms with Gasteiger partial charge in [-0.05, 0) is 75.8 Å². The SMILES string of the molecule is CC[C@H](C)[C@H](NC(=O)[C@@H](CCCN=C(N)N)NC(=O)[C@H](CC(C)C)NC(=O)[C@@H](NC(=O)[C@@H](NC(=O)OCc1ccccc1)[C@H](NC(=O)OC(C)(C)C)c1ccccc1)[C@H](O)C(C)C)C(=O)N[C@H](C(=O)N[C@H](CO)C(=O)NC(CO)C(=O)N[C@@H](CO)C(=O)O)[C@H](C)O. The third kappa shape index (κ3) is 27.5. The fourth-order valence-corrected chi connectivity index (χ4v) is 8.57. The van der Waals surface area contributed by atoms with E-state index in [0.29, 0.717) is 5.56 Å². The quantitative estimate of drug-likeness (QED) is 0.0182. The highest BCUT2D eigenvalue weighted by molar-refractivity contribution is 5.99. The van der Waals surface area contributed by atoms with Gasteiger partial charge in [-0.3, -0.25) is 43.3 Å². The van der Waals surface area contributed by atoms with Gasteiger partial charge in [0.25, 0.3) is 0 Å². The minimum Gasteiger partial charge on any atom is -0.480 e. The van der Waals surface area contributed by atoms with E-state index >= 15 is 0 Å². The Morgan fingerprint density at radius 1 is 0.538 bits per heavy atom. The molecule has 13 atom stereocenters. The summed E-state index contributed by atoms with van der Waals surface area (Å²) in [6.45, 7) is 12.0. The van der Waals surface area contributed by atoms with Crippen LogP contribution in [0.5, 0.6) is 0 Å². The van der Waals surface area contributed by atoms with Gasteiger partial charge in [0, 0.05) is 6.54 Å². The van der Waals surface area contributed by atoms with Gasteiger partial charge in [0.05, 0.1) is 38.1 Å². The Labute approximate surface area is 527 Å². The standard InChI is InChI=1S/C59H93N13O19/c1-11-32(6)41(51(82)69-42(33(7)76)52(83)66-39(27-74)49(80)65-38(26-73)50(81)67-40(28-75)55(86)87)68-47(78)36(23-18-24-62-56(60)61)63-48(79)37(25-30(2)3)64-54(85)45(46(77)31(4)5)70-53(84)44(72-57(88)90-29-34-19-14-12-15-20-34)43(35-21-16-13-17-22-35)71-58(89)91-59(8,9)10/h12-17,19-22,30-33,36-46,73-77H,11,18,23-29H2,1-10H3,(H,63,79)(H,64,85)(H,65,80)(H,66,83)(H,67,81)(H,68,78)(H,69,82)(H,70,84)(H,71,89)(H,72,88)(H,86,87)(H4,60,61,62)/t32-,33-,36+,37-,38?,39+,40-,41-,42-,43+,44-,45-,46+/m0/s1. The van der Waals surface area contributed by atoms with Crippen molar-refractivity contribution in [2.24, 2.45) is 34.2 Å². The van der Waals surface area contributed by atoms with Crippen LogP contribution < -0.4 is 64.6 Å². The molecule has 20 N–H and O–H groups in total. The zero-order valence-corrected chi connectivity index (χ0v) is 52.9. The van der Waals surface area contributed by atoms with Crippen LogP contribution in [0.4, 0.5) is 9.59 Å². The maximum Gasteiger partial charge on any atom is 0.408 e. The molecule has 2 aromatic carbocycles. The van der Waals surface area contributed by atoms with Gasteiger partial charge in [0.15, 0.2) is 5.96 Å². The van der Waals surface area contributed by atoms with Crippen LogP contribution in [-0.2, 0) is 59.2 Å². The third-order valence-corrected chi connectivity index (χ3v) is 13.7. The molecule has 0 saturated heterocycles. The molecule has 10 amide bonds. The lowest BCUT2D eigenvalue weighted by Crippen LogP contribution is -2.64. The van der Waals surface area contributed by atoms with Crippen molar-refractivity contribution in [2.45, 2.75) is 180 Å². The molecule has 0 radical (unpaired) electrons. The number of nitrogens with one attached hydrogen (secondary N) is 10. The van der Waals surface area contributed by atoms with Crippen molar-refractivity contribution in [1.29, 1.82) is 0 Å². The first-order valence-electron chi connectivity index (χ1n) is 29.6. The Bertz CT molecular complexity index is 2750. The number of carboxylic acid groups (broad SMARTS) is 1. The molecule has 32 nitrogen and oxygen atoms in total. The number of carbonyl (C=O) groups is 11. The first kappa shape index (κ1) is 78.4. The molecule has 32 heteroatoms. The number of carbonyl (C=O) groups excluding carboxylic acids is 10. The first-order valence-corrected chi connectivity index (χ1v) is 29.6. The maximum atomic E-state index is 14.8. The number of aliphatic hydroxyl groups excluding tert-OH is 5. The number of benzene rings is 2. The van der Waals surface area contributed by atoms with Crippen LogP contribution in [0.25, 0.3) is 0 Å². The van der Waals surface area contributed by atoms with E-state index in [2.05, 4.69) is 47.5 Å². The highest BCUT2D eigenvalue weighted by Gasteiger charge is 2.41. The Morgan fingerprint density at radius 2 is 0.989 bits per heavy atom. The number of carboxylic acids is 1. The van der Waals surface area contributed by atoms with Crippen molar-refractivity contribution >= 4 is 71.4 Å². The number of hydrogen-bond donors (Lipinski definition) is 18. The molecule has 0 spiro atoms. The Morgan fingerprint density at radius 3 is 1.48 bits per heavy atom. The number of rotatable bonds is 37. The summed E-state index contributed by atoms with van der Waals surface area (Å²) in [5.74, 6) is -12.8. The lowest BCUT2D eigenvalue weighted by atomic mass is 9.95. The number of aliphatic imine (C=N–C) groups is 1. The van der Waals surface area contributed by atoms with E-state index in [-0.39, 0.29) is 56.3 Å². The first-order chi connectivity index (χ1) is 42.7. The van der Waals surface area contributed by atoms with Crippen LogP contribution in [0.2, 0.25) is 0 Å². The molecule has 2 aromatic rings. The topological polar surface area (TPSA) is 512 Å². The Kier molecular flexibility index (Phi) is 33.4. The molecule has 0 aliphatic carbocycles. The van der Waals surface area contributed by atoms with E-state index in [0.717, 1.165) is 6.92 Å². The molecule has 0 bridgehead atoms. The van der Waals surface area contributed by atoms with E-state index in [1.54, 1.807) is 123 Å². The summed E-state index contributed by atoms with van der Waals surface area (Å²) < 4.78 is 11.0. The van der Waals surface area contributed by atoms with Crippen molar-refractivity contribution in [3.63, 3.8) is 0 Å². The minimum absolute atomic E-state index is 0.0349. The van der Waals surface area contributed by atoms with Crippen molar-refractivity contribution < 1.29 is 92.9 Å². The van der Waals surface area contributed by atoms with Crippen LogP contribution in [0, 0.1) is 17.8 Å². The number of nitrogens with zero attached hydrogens (tertiary/aromatic N) is 1. The van der Waals surface area contributed by atoms with E-state index in [4.69, 9.17) is 26.0 Å². The summed E-state index contributed by atoms with van der Waals surface area (Å²) in [5, 5.41) is 84.5. The van der Waals surface area contributed by atoms with Crippen molar-refractivity contribution in [1.82, 2.24) is 53.2 Å². The number of hydrogen-bond acceptors (Lipinski definition) is 19. The second-order valence-corrected chi connectivity index (χ2v) is 23.3. The van der Waals surface area contributed by atoms with Crippen molar-refractivity contribution in [2.75, 3.05) is 26.4 Å².